The lowest BCUT2D eigenvalue weighted by atomic mass is 9.68. The second-order valence-corrected chi connectivity index (χ2v) is 8.68. The summed E-state index contributed by atoms with van der Waals surface area (Å²) in [5.74, 6) is 0. The standard InChI is InChI=1S/C28H32/c1-5-6-7-8-16-28(23-11-9-10-20(2)17-23)26-18-21(3)12-14-24(26)25-15-13-22(4)19-27(25)28/h9-15,17-19H,5-8,16H2,1-4H3. The molecule has 0 N–H and O–H groups in total. The van der Waals surface area contributed by atoms with Crippen molar-refractivity contribution in [3.63, 3.8) is 0 Å². The molecule has 0 nitrogen and oxygen atoms in total. The fourth-order valence-corrected chi connectivity index (χ4v) is 5.09. The Balaban J connectivity index is 1.98. The lowest BCUT2D eigenvalue weighted by Crippen LogP contribution is -2.27. The van der Waals surface area contributed by atoms with Crippen LogP contribution in [0, 0.1) is 20.8 Å². The van der Waals surface area contributed by atoms with Crippen LogP contribution in [-0.2, 0) is 5.41 Å². The lowest BCUT2D eigenvalue weighted by Gasteiger charge is -2.34. The van der Waals surface area contributed by atoms with E-state index in [1.165, 1.54) is 76.6 Å². The van der Waals surface area contributed by atoms with Gasteiger partial charge in [-0.05, 0) is 55.0 Å². The Morgan fingerprint density at radius 2 is 1.25 bits per heavy atom. The maximum atomic E-state index is 2.45. The van der Waals surface area contributed by atoms with Crippen LogP contribution in [0.25, 0.3) is 11.1 Å². The summed E-state index contributed by atoms with van der Waals surface area (Å²) in [6, 6.07) is 23.4. The van der Waals surface area contributed by atoms with Crippen molar-refractivity contribution < 1.29 is 0 Å². The molecule has 0 atom stereocenters. The highest BCUT2D eigenvalue weighted by Gasteiger charge is 2.44. The van der Waals surface area contributed by atoms with Gasteiger partial charge < -0.3 is 0 Å². The first-order valence-corrected chi connectivity index (χ1v) is 10.9. The van der Waals surface area contributed by atoms with E-state index in [1.54, 1.807) is 0 Å². The number of hydrogen-bond acceptors (Lipinski definition) is 0. The van der Waals surface area contributed by atoms with Gasteiger partial charge in [-0.2, -0.15) is 0 Å². The highest BCUT2D eigenvalue weighted by molar-refractivity contribution is 5.84. The summed E-state index contributed by atoms with van der Waals surface area (Å²) in [5.41, 5.74) is 11.4. The van der Waals surface area contributed by atoms with Crippen LogP contribution in [0.2, 0.25) is 0 Å². The van der Waals surface area contributed by atoms with Crippen molar-refractivity contribution in [3.8, 4) is 11.1 Å². The van der Waals surface area contributed by atoms with E-state index in [-0.39, 0.29) is 5.41 Å². The minimum Gasteiger partial charge on any atom is -0.0654 e. The molecule has 28 heavy (non-hydrogen) atoms. The van der Waals surface area contributed by atoms with Gasteiger partial charge in [0.05, 0.1) is 0 Å². The molecule has 1 aliphatic carbocycles. The van der Waals surface area contributed by atoms with Crippen LogP contribution in [0.5, 0.6) is 0 Å². The van der Waals surface area contributed by atoms with E-state index in [4.69, 9.17) is 0 Å². The maximum absolute atomic E-state index is 2.45. The summed E-state index contributed by atoms with van der Waals surface area (Å²) in [6.45, 7) is 8.97. The van der Waals surface area contributed by atoms with E-state index < -0.39 is 0 Å². The summed E-state index contributed by atoms with van der Waals surface area (Å²) < 4.78 is 0. The number of hydrogen-bond donors (Lipinski definition) is 0. The molecule has 1 aliphatic rings. The van der Waals surface area contributed by atoms with Gasteiger partial charge in [0, 0.05) is 5.41 Å². The quantitative estimate of drug-likeness (QED) is 0.388. The van der Waals surface area contributed by atoms with E-state index in [1.807, 2.05) is 0 Å². The van der Waals surface area contributed by atoms with Gasteiger partial charge in [-0.15, -0.1) is 0 Å². The summed E-state index contributed by atoms with van der Waals surface area (Å²) >= 11 is 0. The molecule has 4 rings (SSSR count). The third kappa shape index (κ3) is 3.09. The number of aryl methyl sites for hydroxylation is 3. The van der Waals surface area contributed by atoms with Crippen molar-refractivity contribution in [3.05, 3.63) is 94.0 Å². The Labute approximate surface area is 170 Å². The SMILES string of the molecule is CCCCCCC1(c2cccc(C)c2)c2cc(C)ccc2-c2ccc(C)cc21. The molecule has 0 aromatic heterocycles. The lowest BCUT2D eigenvalue weighted by molar-refractivity contribution is 0.515. The third-order valence-corrected chi connectivity index (χ3v) is 6.48. The monoisotopic (exact) mass is 368 g/mol. The Morgan fingerprint density at radius 3 is 1.82 bits per heavy atom. The molecule has 3 aromatic rings. The molecule has 0 fully saturated rings. The van der Waals surface area contributed by atoms with Crippen molar-refractivity contribution in [1.82, 2.24) is 0 Å². The molecule has 0 aliphatic heterocycles. The second-order valence-electron chi connectivity index (χ2n) is 8.68. The Hall–Kier alpha value is -2.34. The van der Waals surface area contributed by atoms with Gasteiger partial charge in [-0.3, -0.25) is 0 Å². The summed E-state index contributed by atoms with van der Waals surface area (Å²) in [7, 11) is 0. The summed E-state index contributed by atoms with van der Waals surface area (Å²) in [6.07, 6.45) is 6.37. The summed E-state index contributed by atoms with van der Waals surface area (Å²) in [5, 5.41) is 0. The van der Waals surface area contributed by atoms with Gasteiger partial charge in [0.25, 0.3) is 0 Å². The molecule has 3 aromatic carbocycles. The van der Waals surface area contributed by atoms with E-state index in [0.717, 1.165) is 0 Å². The van der Waals surface area contributed by atoms with Crippen LogP contribution >= 0.6 is 0 Å². The molecular weight excluding hydrogens is 336 g/mol. The van der Waals surface area contributed by atoms with E-state index in [9.17, 15) is 0 Å². The molecule has 0 saturated carbocycles. The van der Waals surface area contributed by atoms with Crippen LogP contribution in [-0.4, -0.2) is 0 Å². The maximum Gasteiger partial charge on any atom is 0.0463 e. The third-order valence-electron chi connectivity index (χ3n) is 6.48. The average Bonchev–Trinajstić information content (AvgIpc) is 2.94. The highest BCUT2D eigenvalue weighted by atomic mass is 14.5. The molecule has 0 unspecified atom stereocenters. The normalized spacial score (nSPS) is 14.0. The van der Waals surface area contributed by atoms with Crippen LogP contribution in [0.1, 0.15) is 72.4 Å². The van der Waals surface area contributed by atoms with E-state index in [2.05, 4.69) is 88.4 Å². The molecular formula is C28H32. The Morgan fingerprint density at radius 1 is 0.643 bits per heavy atom. The first-order valence-electron chi connectivity index (χ1n) is 10.9. The Kier molecular flexibility index (Phi) is 5.15. The van der Waals surface area contributed by atoms with E-state index >= 15 is 0 Å². The van der Waals surface area contributed by atoms with Crippen LogP contribution in [0.3, 0.4) is 0 Å². The minimum atomic E-state index is -0.0253. The average molecular weight is 369 g/mol. The zero-order valence-corrected chi connectivity index (χ0v) is 17.8. The summed E-state index contributed by atoms with van der Waals surface area (Å²) in [4.78, 5) is 0. The predicted molar refractivity (Wildman–Crippen MR) is 121 cm³/mol. The van der Waals surface area contributed by atoms with Gasteiger partial charge in [-0.1, -0.05) is 110 Å². The smallest absolute Gasteiger partial charge is 0.0463 e. The molecule has 144 valence electrons. The second kappa shape index (κ2) is 7.59. The topological polar surface area (TPSA) is 0 Å². The molecule has 0 radical (unpaired) electrons. The van der Waals surface area contributed by atoms with Crippen molar-refractivity contribution in [1.29, 1.82) is 0 Å². The number of unbranched alkanes of at least 4 members (excludes halogenated alkanes) is 3. The van der Waals surface area contributed by atoms with Gasteiger partial charge >= 0.3 is 0 Å². The van der Waals surface area contributed by atoms with Crippen molar-refractivity contribution >= 4 is 0 Å². The van der Waals surface area contributed by atoms with Crippen LogP contribution in [0.4, 0.5) is 0 Å². The molecule has 0 heterocycles. The van der Waals surface area contributed by atoms with Crippen molar-refractivity contribution in [2.24, 2.45) is 0 Å². The zero-order chi connectivity index (χ0) is 19.7. The highest BCUT2D eigenvalue weighted by Crippen LogP contribution is 2.55. The van der Waals surface area contributed by atoms with Crippen LogP contribution < -0.4 is 0 Å². The molecule has 0 heteroatoms. The van der Waals surface area contributed by atoms with Gasteiger partial charge in [-0.25, -0.2) is 0 Å². The van der Waals surface area contributed by atoms with Crippen molar-refractivity contribution in [2.45, 2.75) is 65.2 Å². The van der Waals surface area contributed by atoms with Gasteiger partial charge in [0.1, 0.15) is 0 Å². The molecule has 0 saturated heterocycles. The molecule has 0 spiro atoms. The minimum absolute atomic E-state index is 0.0253. The first-order chi connectivity index (χ1) is 13.6. The van der Waals surface area contributed by atoms with Gasteiger partial charge in [0.15, 0.2) is 0 Å². The van der Waals surface area contributed by atoms with E-state index in [0.29, 0.717) is 0 Å². The fourth-order valence-electron chi connectivity index (χ4n) is 5.09. The number of benzene rings is 3. The van der Waals surface area contributed by atoms with Crippen molar-refractivity contribution in [2.75, 3.05) is 0 Å². The Bertz CT molecular complexity index is 941. The first kappa shape index (κ1) is 19.0. The number of rotatable bonds is 6. The molecule has 0 amide bonds. The zero-order valence-electron chi connectivity index (χ0n) is 17.8. The predicted octanol–water partition coefficient (Wildman–Crippen LogP) is 7.90. The molecule has 0 bridgehead atoms. The number of fused-ring (bicyclic) bond motifs is 3. The fraction of sp³-hybridized carbons (Fsp3) is 0.357. The van der Waals surface area contributed by atoms with Crippen LogP contribution in [0.15, 0.2) is 60.7 Å². The largest absolute Gasteiger partial charge is 0.0654 e. The van der Waals surface area contributed by atoms with Gasteiger partial charge in [0.2, 0.25) is 0 Å².